The van der Waals surface area contributed by atoms with E-state index in [-0.39, 0.29) is 5.91 Å². The van der Waals surface area contributed by atoms with Crippen LogP contribution < -0.4 is 4.90 Å². The van der Waals surface area contributed by atoms with Crippen LogP contribution >= 0.6 is 0 Å². The van der Waals surface area contributed by atoms with Crippen molar-refractivity contribution in [3.63, 3.8) is 0 Å². The van der Waals surface area contributed by atoms with Crippen molar-refractivity contribution < 1.29 is 4.79 Å². The zero-order valence-corrected chi connectivity index (χ0v) is 15.3. The zero-order chi connectivity index (χ0) is 18.5. The third-order valence-corrected chi connectivity index (χ3v) is 5.05. The van der Waals surface area contributed by atoms with Crippen molar-refractivity contribution in [3.05, 3.63) is 95.8 Å². The number of pyridine rings is 1. The van der Waals surface area contributed by atoms with Gasteiger partial charge in [-0.3, -0.25) is 9.78 Å². The van der Waals surface area contributed by atoms with Crippen molar-refractivity contribution in [2.45, 2.75) is 6.42 Å². The maximum Gasteiger partial charge on any atom is 0.253 e. The molecule has 0 spiro atoms. The molecule has 27 heavy (non-hydrogen) atoms. The van der Waals surface area contributed by atoms with Gasteiger partial charge < -0.3 is 9.80 Å². The molecule has 0 N–H and O–H groups in total. The number of hydrogen-bond acceptors (Lipinski definition) is 3. The molecule has 2 heterocycles. The SMILES string of the molecule is O=C(c1ccc(Cc2ccccc2)cc1)N1CCN(c2ccncc2)CC1. The normalized spacial score (nSPS) is 14.2. The van der Waals surface area contributed by atoms with Crippen molar-refractivity contribution >= 4 is 11.6 Å². The van der Waals surface area contributed by atoms with Crippen LogP contribution in [0.2, 0.25) is 0 Å². The Kier molecular flexibility index (Phi) is 5.15. The van der Waals surface area contributed by atoms with E-state index in [2.05, 4.69) is 46.3 Å². The lowest BCUT2D eigenvalue weighted by atomic mass is 10.0. The number of benzene rings is 2. The second kappa shape index (κ2) is 8.04. The van der Waals surface area contributed by atoms with Crippen molar-refractivity contribution in [1.29, 1.82) is 0 Å². The molecule has 4 nitrogen and oxygen atoms in total. The largest absolute Gasteiger partial charge is 0.368 e. The van der Waals surface area contributed by atoms with Crippen LogP contribution in [0.15, 0.2) is 79.1 Å². The molecule has 136 valence electrons. The van der Waals surface area contributed by atoms with Gasteiger partial charge in [-0.2, -0.15) is 0 Å². The molecule has 1 amide bonds. The van der Waals surface area contributed by atoms with Crippen LogP contribution in [-0.2, 0) is 6.42 Å². The number of aromatic nitrogens is 1. The van der Waals surface area contributed by atoms with Gasteiger partial charge in [0.2, 0.25) is 0 Å². The summed E-state index contributed by atoms with van der Waals surface area (Å²) in [5.41, 5.74) is 4.44. The minimum Gasteiger partial charge on any atom is -0.368 e. The summed E-state index contributed by atoms with van der Waals surface area (Å²) >= 11 is 0. The highest BCUT2D eigenvalue weighted by atomic mass is 16.2. The Bertz CT molecular complexity index is 871. The molecule has 0 radical (unpaired) electrons. The summed E-state index contributed by atoms with van der Waals surface area (Å²) < 4.78 is 0. The number of anilines is 1. The quantitative estimate of drug-likeness (QED) is 0.715. The summed E-state index contributed by atoms with van der Waals surface area (Å²) in [4.78, 5) is 21.1. The van der Waals surface area contributed by atoms with Crippen molar-refractivity contribution in [3.8, 4) is 0 Å². The smallest absolute Gasteiger partial charge is 0.253 e. The molecule has 0 saturated carbocycles. The van der Waals surface area contributed by atoms with E-state index in [0.717, 1.165) is 38.2 Å². The minimum absolute atomic E-state index is 0.121. The first-order valence-corrected chi connectivity index (χ1v) is 9.37. The summed E-state index contributed by atoms with van der Waals surface area (Å²) in [7, 11) is 0. The third-order valence-electron chi connectivity index (χ3n) is 5.05. The van der Waals surface area contributed by atoms with Crippen molar-refractivity contribution in [2.75, 3.05) is 31.1 Å². The Morgan fingerprint density at radius 1 is 0.778 bits per heavy atom. The van der Waals surface area contributed by atoms with Gasteiger partial charge in [0, 0.05) is 49.8 Å². The summed E-state index contributed by atoms with van der Waals surface area (Å²) in [5, 5.41) is 0. The van der Waals surface area contributed by atoms with Crippen LogP contribution in [0.25, 0.3) is 0 Å². The van der Waals surface area contributed by atoms with E-state index in [0.29, 0.717) is 0 Å². The summed E-state index contributed by atoms with van der Waals surface area (Å²) in [6.07, 6.45) is 4.51. The van der Waals surface area contributed by atoms with Gasteiger partial charge in [-0.1, -0.05) is 42.5 Å². The maximum atomic E-state index is 12.8. The van der Waals surface area contributed by atoms with E-state index < -0.39 is 0 Å². The van der Waals surface area contributed by atoms with Gasteiger partial charge in [-0.25, -0.2) is 0 Å². The van der Waals surface area contributed by atoms with Crippen LogP contribution in [0.4, 0.5) is 5.69 Å². The van der Waals surface area contributed by atoms with E-state index in [4.69, 9.17) is 0 Å². The Hall–Kier alpha value is -3.14. The average Bonchev–Trinajstić information content (AvgIpc) is 2.75. The fourth-order valence-electron chi connectivity index (χ4n) is 3.50. The lowest BCUT2D eigenvalue weighted by Crippen LogP contribution is -2.48. The molecule has 1 aliphatic rings. The van der Waals surface area contributed by atoms with Crippen LogP contribution in [0.1, 0.15) is 21.5 Å². The van der Waals surface area contributed by atoms with Gasteiger partial charge in [-0.05, 0) is 41.8 Å². The van der Waals surface area contributed by atoms with Gasteiger partial charge in [-0.15, -0.1) is 0 Å². The minimum atomic E-state index is 0.121. The summed E-state index contributed by atoms with van der Waals surface area (Å²) in [5.74, 6) is 0.121. The van der Waals surface area contributed by atoms with Crippen molar-refractivity contribution in [2.24, 2.45) is 0 Å². The molecule has 4 rings (SSSR count). The van der Waals surface area contributed by atoms with E-state index in [1.54, 1.807) is 0 Å². The second-order valence-corrected chi connectivity index (χ2v) is 6.84. The highest BCUT2D eigenvalue weighted by molar-refractivity contribution is 5.94. The first-order chi connectivity index (χ1) is 13.3. The molecule has 2 aromatic carbocycles. The Balaban J connectivity index is 1.36. The standard InChI is InChI=1S/C23H23N3O/c27-23(26-16-14-25(15-17-26)22-10-12-24-13-11-22)21-8-6-20(7-9-21)18-19-4-2-1-3-5-19/h1-13H,14-18H2. The predicted octanol–water partition coefficient (Wildman–Crippen LogP) is 3.63. The lowest BCUT2D eigenvalue weighted by Gasteiger charge is -2.36. The van der Waals surface area contributed by atoms with Gasteiger partial charge in [0.1, 0.15) is 0 Å². The average molecular weight is 357 g/mol. The molecule has 1 aliphatic heterocycles. The van der Waals surface area contributed by atoms with Gasteiger partial charge in [0.05, 0.1) is 0 Å². The molecule has 0 atom stereocenters. The number of carbonyl (C=O) groups is 1. The highest BCUT2D eigenvalue weighted by Crippen LogP contribution is 2.17. The summed E-state index contributed by atoms with van der Waals surface area (Å²) in [6.45, 7) is 3.18. The monoisotopic (exact) mass is 357 g/mol. The summed E-state index contributed by atoms with van der Waals surface area (Å²) in [6, 6.07) is 22.5. The fourth-order valence-corrected chi connectivity index (χ4v) is 3.50. The molecule has 0 bridgehead atoms. The second-order valence-electron chi connectivity index (χ2n) is 6.84. The highest BCUT2D eigenvalue weighted by Gasteiger charge is 2.22. The first-order valence-electron chi connectivity index (χ1n) is 9.37. The van der Waals surface area contributed by atoms with Crippen LogP contribution in [0, 0.1) is 0 Å². The van der Waals surface area contributed by atoms with Gasteiger partial charge in [0.15, 0.2) is 0 Å². The molecule has 0 aliphatic carbocycles. The van der Waals surface area contributed by atoms with Crippen LogP contribution in [-0.4, -0.2) is 42.0 Å². The maximum absolute atomic E-state index is 12.8. The molecule has 1 saturated heterocycles. The van der Waals surface area contributed by atoms with Crippen molar-refractivity contribution in [1.82, 2.24) is 9.88 Å². The number of nitrogens with zero attached hydrogens (tertiary/aromatic N) is 3. The third kappa shape index (κ3) is 4.17. The topological polar surface area (TPSA) is 36.4 Å². The Morgan fingerprint density at radius 3 is 2.07 bits per heavy atom. The Labute approximate surface area is 160 Å². The molecule has 1 aromatic heterocycles. The Morgan fingerprint density at radius 2 is 1.41 bits per heavy atom. The molecular formula is C23H23N3O. The molecule has 1 fully saturated rings. The van der Waals surface area contributed by atoms with E-state index in [9.17, 15) is 4.79 Å². The number of carbonyl (C=O) groups excluding carboxylic acids is 1. The number of rotatable bonds is 4. The molecule has 4 heteroatoms. The number of amides is 1. The zero-order valence-electron chi connectivity index (χ0n) is 15.3. The van der Waals surface area contributed by atoms with E-state index >= 15 is 0 Å². The predicted molar refractivity (Wildman–Crippen MR) is 108 cm³/mol. The molecule has 0 unspecified atom stereocenters. The lowest BCUT2D eigenvalue weighted by molar-refractivity contribution is 0.0747. The van der Waals surface area contributed by atoms with Crippen LogP contribution in [0.3, 0.4) is 0 Å². The number of piperazine rings is 1. The van der Waals surface area contributed by atoms with Crippen LogP contribution in [0.5, 0.6) is 0 Å². The molecule has 3 aromatic rings. The first kappa shape index (κ1) is 17.3. The van der Waals surface area contributed by atoms with E-state index in [1.807, 2.05) is 47.6 Å². The fraction of sp³-hybridized carbons (Fsp3) is 0.217. The van der Waals surface area contributed by atoms with Gasteiger partial charge >= 0.3 is 0 Å². The molecular weight excluding hydrogens is 334 g/mol. The van der Waals surface area contributed by atoms with E-state index in [1.165, 1.54) is 16.8 Å². The van der Waals surface area contributed by atoms with Gasteiger partial charge in [0.25, 0.3) is 5.91 Å². The number of hydrogen-bond donors (Lipinski definition) is 0.